The molecule has 0 atom stereocenters. The van der Waals surface area contributed by atoms with E-state index >= 15 is 0 Å². The van der Waals surface area contributed by atoms with Gasteiger partial charge in [0.2, 0.25) is 5.91 Å². The Kier molecular flexibility index (Phi) is 2.83. The molecule has 0 fully saturated rings. The second-order valence-corrected chi connectivity index (χ2v) is 3.29. The third-order valence-corrected chi connectivity index (χ3v) is 1.97. The van der Waals surface area contributed by atoms with E-state index in [1.165, 1.54) is 6.92 Å². The Labute approximate surface area is 96.9 Å². The average Bonchev–Trinajstić information content (AvgIpc) is 2.77. The number of carbonyl (C=O) groups excluding carboxylic acids is 1. The number of nitrogens with zero attached hydrogens (tertiary/aromatic N) is 3. The van der Waals surface area contributed by atoms with Crippen LogP contribution < -0.4 is 5.32 Å². The Morgan fingerprint density at radius 3 is 2.71 bits per heavy atom. The van der Waals surface area contributed by atoms with Crippen LogP contribution in [0, 0.1) is 11.3 Å². The van der Waals surface area contributed by atoms with E-state index in [-0.39, 0.29) is 11.9 Å². The van der Waals surface area contributed by atoms with Crippen molar-refractivity contribution in [1.82, 2.24) is 10.1 Å². The maximum absolute atomic E-state index is 10.8. The number of hydrogen-bond donors (Lipinski definition) is 1. The lowest BCUT2D eigenvalue weighted by atomic mass is 10.1. The minimum absolute atomic E-state index is 0.122. The second kappa shape index (κ2) is 4.45. The molecule has 6 nitrogen and oxygen atoms in total. The maximum Gasteiger partial charge on any atom is 0.270 e. The standard InChI is InChI=1S/C11H8N4O2/c1-7(16)13-11-14-10(17-15-11)9-4-2-8(6-12)3-5-9/h2-5H,1H3,(H,13,15,16). The molecule has 0 aliphatic carbocycles. The number of amides is 1. The van der Waals surface area contributed by atoms with Crippen LogP contribution in [0.3, 0.4) is 0 Å². The largest absolute Gasteiger partial charge is 0.332 e. The van der Waals surface area contributed by atoms with Crippen LogP contribution in [0.15, 0.2) is 28.8 Å². The molecule has 84 valence electrons. The van der Waals surface area contributed by atoms with E-state index in [0.717, 1.165) is 0 Å². The van der Waals surface area contributed by atoms with Gasteiger partial charge in [0.1, 0.15) is 0 Å². The maximum atomic E-state index is 10.8. The van der Waals surface area contributed by atoms with Crippen LogP contribution in [0.1, 0.15) is 12.5 Å². The highest BCUT2D eigenvalue weighted by Gasteiger charge is 2.09. The van der Waals surface area contributed by atoms with Gasteiger partial charge >= 0.3 is 0 Å². The summed E-state index contributed by atoms with van der Waals surface area (Å²) in [5, 5.41) is 14.7. The Balaban J connectivity index is 2.24. The van der Waals surface area contributed by atoms with Crippen molar-refractivity contribution in [3.8, 4) is 17.5 Å². The zero-order valence-electron chi connectivity index (χ0n) is 8.97. The summed E-state index contributed by atoms with van der Waals surface area (Å²) in [4.78, 5) is 14.8. The first kappa shape index (κ1) is 10.8. The number of nitrogens with one attached hydrogen (secondary N) is 1. The van der Waals surface area contributed by atoms with Crippen molar-refractivity contribution in [3.63, 3.8) is 0 Å². The molecule has 1 aromatic carbocycles. The van der Waals surface area contributed by atoms with Crippen LogP contribution in [0.4, 0.5) is 5.95 Å². The van der Waals surface area contributed by atoms with E-state index in [4.69, 9.17) is 9.78 Å². The minimum atomic E-state index is -0.267. The van der Waals surface area contributed by atoms with Gasteiger partial charge in [-0.25, -0.2) is 0 Å². The molecule has 0 unspecified atom stereocenters. The quantitative estimate of drug-likeness (QED) is 0.842. The molecule has 1 aromatic heterocycles. The summed E-state index contributed by atoms with van der Waals surface area (Å²) in [7, 11) is 0. The molecule has 0 spiro atoms. The SMILES string of the molecule is CC(=O)Nc1noc(-c2ccc(C#N)cc2)n1. The van der Waals surface area contributed by atoms with Crippen molar-refractivity contribution in [3.05, 3.63) is 29.8 Å². The van der Waals surface area contributed by atoms with Crippen LogP contribution in [-0.2, 0) is 4.79 Å². The number of aromatic nitrogens is 2. The molecule has 2 aromatic rings. The number of hydrogen-bond acceptors (Lipinski definition) is 5. The van der Waals surface area contributed by atoms with Crippen LogP contribution in [0.5, 0.6) is 0 Å². The molecule has 2 rings (SSSR count). The highest BCUT2D eigenvalue weighted by molar-refractivity contribution is 5.86. The summed E-state index contributed by atoms with van der Waals surface area (Å²) in [6, 6.07) is 8.71. The van der Waals surface area contributed by atoms with Crippen molar-refractivity contribution >= 4 is 11.9 Å². The fourth-order valence-electron chi connectivity index (χ4n) is 1.24. The number of carbonyl (C=O) groups is 1. The van der Waals surface area contributed by atoms with E-state index in [0.29, 0.717) is 17.0 Å². The lowest BCUT2D eigenvalue weighted by Crippen LogP contribution is -2.06. The lowest BCUT2D eigenvalue weighted by molar-refractivity contribution is -0.114. The molecule has 0 saturated carbocycles. The Morgan fingerprint density at radius 2 is 2.12 bits per heavy atom. The highest BCUT2D eigenvalue weighted by Crippen LogP contribution is 2.18. The van der Waals surface area contributed by atoms with Gasteiger partial charge in [0.25, 0.3) is 11.8 Å². The molecule has 0 aliphatic heterocycles. The van der Waals surface area contributed by atoms with E-state index < -0.39 is 0 Å². The Hall–Kier alpha value is -2.68. The average molecular weight is 228 g/mol. The van der Waals surface area contributed by atoms with Crippen molar-refractivity contribution in [2.75, 3.05) is 5.32 Å². The van der Waals surface area contributed by atoms with Gasteiger partial charge in [-0.05, 0) is 29.4 Å². The van der Waals surface area contributed by atoms with Crippen LogP contribution in [0.2, 0.25) is 0 Å². The molecule has 17 heavy (non-hydrogen) atoms. The van der Waals surface area contributed by atoms with Crippen LogP contribution >= 0.6 is 0 Å². The van der Waals surface area contributed by atoms with Crippen LogP contribution in [0.25, 0.3) is 11.5 Å². The normalized spacial score (nSPS) is 9.65. The fraction of sp³-hybridized carbons (Fsp3) is 0.0909. The topological polar surface area (TPSA) is 91.8 Å². The van der Waals surface area contributed by atoms with Gasteiger partial charge in [-0.15, -0.1) is 0 Å². The van der Waals surface area contributed by atoms with Gasteiger partial charge < -0.3 is 4.52 Å². The summed E-state index contributed by atoms with van der Waals surface area (Å²) in [6.45, 7) is 1.36. The summed E-state index contributed by atoms with van der Waals surface area (Å²) >= 11 is 0. The molecule has 1 heterocycles. The van der Waals surface area contributed by atoms with Gasteiger partial charge in [-0.1, -0.05) is 0 Å². The second-order valence-electron chi connectivity index (χ2n) is 3.29. The zero-order valence-corrected chi connectivity index (χ0v) is 8.97. The zero-order chi connectivity index (χ0) is 12.3. The molecule has 1 amide bonds. The molecular weight excluding hydrogens is 220 g/mol. The number of anilines is 1. The van der Waals surface area contributed by atoms with E-state index in [1.807, 2.05) is 6.07 Å². The predicted octanol–water partition coefficient (Wildman–Crippen LogP) is 1.57. The third kappa shape index (κ3) is 2.46. The lowest BCUT2D eigenvalue weighted by Gasteiger charge is -1.93. The van der Waals surface area contributed by atoms with Gasteiger partial charge in [-0.3, -0.25) is 10.1 Å². The molecule has 1 N–H and O–H groups in total. The summed E-state index contributed by atoms with van der Waals surface area (Å²) < 4.78 is 4.97. The minimum Gasteiger partial charge on any atom is -0.332 e. The number of benzene rings is 1. The molecular formula is C11H8N4O2. The Bertz CT molecular complexity index is 580. The molecule has 0 aliphatic rings. The van der Waals surface area contributed by atoms with Crippen molar-refractivity contribution in [2.45, 2.75) is 6.92 Å². The van der Waals surface area contributed by atoms with Crippen LogP contribution in [-0.4, -0.2) is 16.0 Å². The summed E-state index contributed by atoms with van der Waals surface area (Å²) in [5.74, 6) is 0.146. The first-order valence-corrected chi connectivity index (χ1v) is 4.81. The third-order valence-electron chi connectivity index (χ3n) is 1.97. The fourth-order valence-corrected chi connectivity index (χ4v) is 1.24. The molecule has 0 bridgehead atoms. The van der Waals surface area contributed by atoms with E-state index in [9.17, 15) is 4.79 Å². The summed E-state index contributed by atoms with van der Waals surface area (Å²) in [6.07, 6.45) is 0. The Morgan fingerprint density at radius 1 is 1.41 bits per heavy atom. The molecule has 0 radical (unpaired) electrons. The van der Waals surface area contributed by atoms with E-state index in [1.54, 1.807) is 24.3 Å². The van der Waals surface area contributed by atoms with Crippen molar-refractivity contribution in [1.29, 1.82) is 5.26 Å². The van der Waals surface area contributed by atoms with Crippen molar-refractivity contribution in [2.24, 2.45) is 0 Å². The monoisotopic (exact) mass is 228 g/mol. The smallest absolute Gasteiger partial charge is 0.270 e. The predicted molar refractivity (Wildman–Crippen MR) is 58.8 cm³/mol. The molecule has 0 saturated heterocycles. The van der Waals surface area contributed by atoms with Gasteiger partial charge in [0.15, 0.2) is 0 Å². The summed E-state index contributed by atoms with van der Waals surface area (Å²) in [5.41, 5.74) is 1.24. The van der Waals surface area contributed by atoms with Crippen molar-refractivity contribution < 1.29 is 9.32 Å². The van der Waals surface area contributed by atoms with Gasteiger partial charge in [0.05, 0.1) is 11.6 Å². The van der Waals surface area contributed by atoms with E-state index in [2.05, 4.69) is 15.5 Å². The number of nitriles is 1. The molecule has 6 heteroatoms. The number of rotatable bonds is 2. The van der Waals surface area contributed by atoms with Gasteiger partial charge in [-0.2, -0.15) is 10.2 Å². The highest BCUT2D eigenvalue weighted by atomic mass is 16.5. The van der Waals surface area contributed by atoms with Gasteiger partial charge in [0, 0.05) is 12.5 Å². The first-order chi connectivity index (χ1) is 8.19. The first-order valence-electron chi connectivity index (χ1n) is 4.81.